The molecular weight excluding hydrogens is 338 g/mol. The molecule has 136 valence electrons. The first-order valence-electron chi connectivity index (χ1n) is 8.22. The van der Waals surface area contributed by atoms with E-state index in [0.717, 1.165) is 5.56 Å². The monoisotopic (exact) mass is 363 g/mol. The number of aryl methyl sites for hydroxylation is 1. The van der Waals surface area contributed by atoms with Crippen molar-refractivity contribution in [2.45, 2.75) is 38.5 Å². The van der Waals surface area contributed by atoms with E-state index in [-0.39, 0.29) is 10.8 Å². The largest absolute Gasteiger partial charge is 0.496 e. The molecule has 6 heteroatoms. The molecule has 0 atom stereocenters. The summed E-state index contributed by atoms with van der Waals surface area (Å²) in [6, 6.07) is 10.3. The highest BCUT2D eigenvalue weighted by Crippen LogP contribution is 2.32. The Bertz CT molecular complexity index is 827. The van der Waals surface area contributed by atoms with E-state index in [4.69, 9.17) is 9.47 Å². The molecular formula is C19H25NO4S. The van der Waals surface area contributed by atoms with E-state index in [1.807, 2.05) is 20.8 Å². The summed E-state index contributed by atoms with van der Waals surface area (Å²) in [5.74, 6) is 1.55. The molecule has 2 aromatic carbocycles. The Morgan fingerprint density at radius 3 is 2.28 bits per heavy atom. The highest BCUT2D eigenvalue weighted by atomic mass is 32.2. The third-order valence-electron chi connectivity index (χ3n) is 3.86. The van der Waals surface area contributed by atoms with Crippen LogP contribution >= 0.6 is 0 Å². The molecule has 0 fully saturated rings. The Kier molecular flexibility index (Phi) is 5.95. The molecule has 0 spiro atoms. The van der Waals surface area contributed by atoms with Gasteiger partial charge in [-0.25, -0.2) is 8.42 Å². The van der Waals surface area contributed by atoms with Crippen LogP contribution in [0.2, 0.25) is 0 Å². The number of ether oxygens (including phenoxy) is 2. The number of hydrogen-bond donors (Lipinski definition) is 1. The first-order valence-corrected chi connectivity index (χ1v) is 9.71. The molecule has 0 amide bonds. The van der Waals surface area contributed by atoms with Crippen molar-refractivity contribution in [3.8, 4) is 11.5 Å². The summed E-state index contributed by atoms with van der Waals surface area (Å²) in [6.07, 6.45) is 0. The fourth-order valence-electron chi connectivity index (χ4n) is 2.59. The molecule has 0 heterocycles. The van der Waals surface area contributed by atoms with Crippen molar-refractivity contribution in [1.29, 1.82) is 0 Å². The van der Waals surface area contributed by atoms with E-state index in [0.29, 0.717) is 29.4 Å². The zero-order valence-corrected chi connectivity index (χ0v) is 16.1. The van der Waals surface area contributed by atoms with Crippen molar-refractivity contribution < 1.29 is 17.9 Å². The van der Waals surface area contributed by atoms with Gasteiger partial charge in [0.25, 0.3) is 10.0 Å². The molecule has 0 bridgehead atoms. The fourth-order valence-corrected chi connectivity index (χ4v) is 3.91. The summed E-state index contributed by atoms with van der Waals surface area (Å²) < 4.78 is 39.0. The normalized spacial score (nSPS) is 11.4. The summed E-state index contributed by atoms with van der Waals surface area (Å²) in [4.78, 5) is 0.255. The smallest absolute Gasteiger partial charge is 0.262 e. The highest BCUT2D eigenvalue weighted by molar-refractivity contribution is 7.92. The maximum Gasteiger partial charge on any atom is 0.262 e. The third kappa shape index (κ3) is 4.45. The predicted molar refractivity (Wildman–Crippen MR) is 100 cm³/mol. The van der Waals surface area contributed by atoms with E-state index < -0.39 is 10.0 Å². The van der Waals surface area contributed by atoms with E-state index in [1.54, 1.807) is 50.4 Å². The predicted octanol–water partition coefficient (Wildman–Crippen LogP) is 4.33. The van der Waals surface area contributed by atoms with Crippen LogP contribution < -0.4 is 14.2 Å². The van der Waals surface area contributed by atoms with E-state index in [1.165, 1.54) is 0 Å². The standard InChI is InChI=1S/C19H25NO4S/c1-6-24-16-9-7-15(8-10-16)20-25(21,22)19-12-17(13(2)3)18(23-5)11-14(19)4/h7-13,20H,6H2,1-5H3. The Morgan fingerprint density at radius 2 is 1.76 bits per heavy atom. The first-order chi connectivity index (χ1) is 11.8. The van der Waals surface area contributed by atoms with Gasteiger partial charge in [0.05, 0.1) is 18.6 Å². The molecule has 0 aromatic heterocycles. The van der Waals surface area contributed by atoms with Gasteiger partial charge in [0.2, 0.25) is 0 Å². The van der Waals surface area contributed by atoms with Crippen LogP contribution in [0.4, 0.5) is 5.69 Å². The second-order valence-corrected chi connectivity index (χ2v) is 7.73. The van der Waals surface area contributed by atoms with Gasteiger partial charge in [-0.15, -0.1) is 0 Å². The van der Waals surface area contributed by atoms with Gasteiger partial charge >= 0.3 is 0 Å². The lowest BCUT2D eigenvalue weighted by atomic mass is 10.0. The molecule has 2 aromatic rings. The summed E-state index contributed by atoms with van der Waals surface area (Å²) in [5.41, 5.74) is 1.99. The zero-order chi connectivity index (χ0) is 18.6. The van der Waals surface area contributed by atoms with Crippen LogP contribution in [0.3, 0.4) is 0 Å². The molecule has 1 N–H and O–H groups in total. The Balaban J connectivity index is 2.37. The number of benzene rings is 2. The minimum Gasteiger partial charge on any atom is -0.496 e. The molecule has 0 unspecified atom stereocenters. The second kappa shape index (κ2) is 7.78. The highest BCUT2D eigenvalue weighted by Gasteiger charge is 2.21. The summed E-state index contributed by atoms with van der Waals surface area (Å²) in [6.45, 7) is 8.23. The lowest BCUT2D eigenvalue weighted by molar-refractivity contribution is 0.340. The van der Waals surface area contributed by atoms with Crippen LogP contribution in [0.1, 0.15) is 37.8 Å². The average molecular weight is 363 g/mol. The molecule has 2 rings (SSSR count). The van der Waals surface area contributed by atoms with Gasteiger partial charge in [-0.05, 0) is 67.3 Å². The van der Waals surface area contributed by atoms with Crippen molar-refractivity contribution >= 4 is 15.7 Å². The average Bonchev–Trinajstić information content (AvgIpc) is 2.55. The van der Waals surface area contributed by atoms with Crippen molar-refractivity contribution in [1.82, 2.24) is 0 Å². The lowest BCUT2D eigenvalue weighted by Gasteiger charge is -2.17. The zero-order valence-electron chi connectivity index (χ0n) is 15.3. The number of rotatable bonds is 7. The molecule has 0 saturated carbocycles. The van der Waals surface area contributed by atoms with Gasteiger partial charge in [-0.3, -0.25) is 4.72 Å². The van der Waals surface area contributed by atoms with Crippen LogP contribution in [0.15, 0.2) is 41.3 Å². The number of methoxy groups -OCH3 is 1. The summed E-state index contributed by atoms with van der Waals surface area (Å²) >= 11 is 0. The molecule has 5 nitrogen and oxygen atoms in total. The first kappa shape index (κ1) is 19.1. The van der Waals surface area contributed by atoms with Gasteiger partial charge in [0.1, 0.15) is 11.5 Å². The van der Waals surface area contributed by atoms with Gasteiger partial charge in [-0.2, -0.15) is 0 Å². The number of sulfonamides is 1. The van der Waals surface area contributed by atoms with Crippen LogP contribution in [0, 0.1) is 6.92 Å². The van der Waals surface area contributed by atoms with Gasteiger partial charge in [-0.1, -0.05) is 13.8 Å². The molecule has 0 radical (unpaired) electrons. The maximum atomic E-state index is 12.8. The summed E-state index contributed by atoms with van der Waals surface area (Å²) in [5, 5.41) is 0. The minimum atomic E-state index is -3.70. The third-order valence-corrected chi connectivity index (χ3v) is 5.38. The van der Waals surface area contributed by atoms with Crippen molar-refractivity contribution in [3.63, 3.8) is 0 Å². The van der Waals surface area contributed by atoms with Crippen molar-refractivity contribution in [2.75, 3.05) is 18.4 Å². The Morgan fingerprint density at radius 1 is 1.12 bits per heavy atom. The maximum absolute atomic E-state index is 12.8. The van der Waals surface area contributed by atoms with Crippen LogP contribution in [0.25, 0.3) is 0 Å². The van der Waals surface area contributed by atoms with Crippen molar-refractivity contribution in [3.05, 3.63) is 47.5 Å². The number of anilines is 1. The van der Waals surface area contributed by atoms with Crippen LogP contribution in [-0.2, 0) is 10.0 Å². The van der Waals surface area contributed by atoms with Gasteiger partial charge < -0.3 is 9.47 Å². The summed E-state index contributed by atoms with van der Waals surface area (Å²) in [7, 11) is -2.11. The topological polar surface area (TPSA) is 64.6 Å². The quantitative estimate of drug-likeness (QED) is 0.795. The van der Waals surface area contributed by atoms with Gasteiger partial charge in [0.15, 0.2) is 0 Å². The molecule has 0 aliphatic rings. The SMILES string of the molecule is CCOc1ccc(NS(=O)(=O)c2cc(C(C)C)c(OC)cc2C)cc1. The van der Waals surface area contributed by atoms with Crippen LogP contribution in [-0.4, -0.2) is 22.1 Å². The van der Waals surface area contributed by atoms with E-state index >= 15 is 0 Å². The second-order valence-electron chi connectivity index (χ2n) is 6.08. The van der Waals surface area contributed by atoms with Crippen molar-refractivity contribution in [2.24, 2.45) is 0 Å². The Hall–Kier alpha value is -2.21. The van der Waals surface area contributed by atoms with Gasteiger partial charge in [0, 0.05) is 5.69 Å². The minimum absolute atomic E-state index is 0.148. The molecule has 25 heavy (non-hydrogen) atoms. The Labute approximate surface area is 150 Å². The number of nitrogens with one attached hydrogen (secondary N) is 1. The van der Waals surface area contributed by atoms with E-state index in [9.17, 15) is 8.42 Å². The fraction of sp³-hybridized carbons (Fsp3) is 0.368. The lowest BCUT2D eigenvalue weighted by Crippen LogP contribution is -2.15. The van der Waals surface area contributed by atoms with E-state index in [2.05, 4.69) is 4.72 Å². The van der Waals surface area contributed by atoms with Crippen LogP contribution in [0.5, 0.6) is 11.5 Å². The number of hydrogen-bond acceptors (Lipinski definition) is 4. The molecule has 0 aliphatic heterocycles. The molecule has 0 aliphatic carbocycles. The molecule has 0 saturated heterocycles.